The van der Waals surface area contributed by atoms with Crippen LogP contribution in [0.1, 0.15) is 33.3 Å². The number of esters is 1. The van der Waals surface area contributed by atoms with E-state index in [1.165, 1.54) is 10.9 Å². The van der Waals surface area contributed by atoms with E-state index < -0.39 is 0 Å². The first-order chi connectivity index (χ1) is 10.5. The minimum atomic E-state index is -0.201. The van der Waals surface area contributed by atoms with E-state index in [2.05, 4.69) is 29.9 Å². The van der Waals surface area contributed by atoms with Crippen LogP contribution < -0.4 is 4.74 Å². The van der Waals surface area contributed by atoms with Gasteiger partial charge in [0.25, 0.3) is 0 Å². The molecule has 0 aliphatic heterocycles. The van der Waals surface area contributed by atoms with Gasteiger partial charge < -0.3 is 14.6 Å². The van der Waals surface area contributed by atoms with E-state index in [0.29, 0.717) is 5.75 Å². The highest BCUT2D eigenvalue weighted by atomic mass is 16.5. The van der Waals surface area contributed by atoms with Crippen molar-refractivity contribution in [1.82, 2.24) is 9.88 Å². The number of hydrogen-bond acceptors (Lipinski definition) is 3. The third-order valence-electron chi connectivity index (χ3n) is 4.02. The van der Waals surface area contributed by atoms with Crippen molar-refractivity contribution in [1.29, 1.82) is 0 Å². The maximum atomic E-state index is 11.7. The van der Waals surface area contributed by atoms with Crippen LogP contribution in [0.15, 0.2) is 24.4 Å². The predicted molar refractivity (Wildman–Crippen MR) is 90.3 cm³/mol. The van der Waals surface area contributed by atoms with Gasteiger partial charge in [0, 0.05) is 29.7 Å². The van der Waals surface area contributed by atoms with E-state index in [9.17, 15) is 4.79 Å². The van der Waals surface area contributed by atoms with Crippen molar-refractivity contribution in [3.63, 3.8) is 0 Å². The Morgan fingerprint density at radius 3 is 2.64 bits per heavy atom. The van der Waals surface area contributed by atoms with Gasteiger partial charge in [0.1, 0.15) is 5.75 Å². The van der Waals surface area contributed by atoms with Crippen molar-refractivity contribution in [2.45, 2.75) is 34.1 Å². The van der Waals surface area contributed by atoms with Gasteiger partial charge in [0.15, 0.2) is 0 Å². The van der Waals surface area contributed by atoms with Crippen LogP contribution in [0.3, 0.4) is 0 Å². The molecule has 0 atom stereocenters. The van der Waals surface area contributed by atoms with Crippen LogP contribution in [0.25, 0.3) is 10.9 Å². The highest BCUT2D eigenvalue weighted by Gasteiger charge is 2.11. The molecule has 0 spiro atoms. The zero-order valence-corrected chi connectivity index (χ0v) is 14.0. The van der Waals surface area contributed by atoms with Crippen LogP contribution in [0.4, 0.5) is 0 Å². The van der Waals surface area contributed by atoms with Crippen molar-refractivity contribution in [2.75, 3.05) is 19.6 Å². The van der Waals surface area contributed by atoms with Crippen molar-refractivity contribution in [2.24, 2.45) is 5.92 Å². The first-order valence-corrected chi connectivity index (χ1v) is 8.09. The summed E-state index contributed by atoms with van der Waals surface area (Å²) >= 11 is 0. The van der Waals surface area contributed by atoms with E-state index in [1.54, 1.807) is 0 Å². The lowest BCUT2D eigenvalue weighted by Crippen LogP contribution is -2.25. The molecule has 0 aliphatic rings. The molecule has 1 aromatic carbocycles. The Balaban J connectivity index is 2.11. The van der Waals surface area contributed by atoms with E-state index in [0.717, 1.165) is 31.6 Å². The Labute approximate surface area is 132 Å². The summed E-state index contributed by atoms with van der Waals surface area (Å²) in [7, 11) is 0. The maximum Gasteiger partial charge on any atom is 0.313 e. The van der Waals surface area contributed by atoms with Crippen LogP contribution in [0.2, 0.25) is 0 Å². The molecule has 0 aliphatic carbocycles. The molecule has 2 rings (SSSR count). The lowest BCUT2D eigenvalue weighted by Gasteiger charge is -2.17. The summed E-state index contributed by atoms with van der Waals surface area (Å²) in [5.41, 5.74) is 2.33. The Bertz CT molecular complexity index is 627. The van der Waals surface area contributed by atoms with E-state index in [4.69, 9.17) is 4.74 Å². The van der Waals surface area contributed by atoms with Gasteiger partial charge in [-0.25, -0.2) is 0 Å². The lowest BCUT2D eigenvalue weighted by molar-refractivity contribution is -0.137. The Hall–Kier alpha value is -1.81. The number of hydrogen-bond donors (Lipinski definition) is 1. The molecule has 4 nitrogen and oxygen atoms in total. The highest BCUT2D eigenvalue weighted by molar-refractivity contribution is 5.85. The third kappa shape index (κ3) is 3.89. The number of aromatic amines is 1. The zero-order valence-electron chi connectivity index (χ0n) is 14.0. The number of benzene rings is 1. The van der Waals surface area contributed by atoms with Gasteiger partial charge in [0.2, 0.25) is 0 Å². The van der Waals surface area contributed by atoms with Gasteiger partial charge in [-0.15, -0.1) is 0 Å². The zero-order chi connectivity index (χ0) is 16.1. The molecule has 4 heteroatoms. The summed E-state index contributed by atoms with van der Waals surface area (Å²) in [6, 6.07) is 5.81. The van der Waals surface area contributed by atoms with Crippen LogP contribution >= 0.6 is 0 Å². The standard InChI is InChI=1S/C18H26N2O2/c1-5-20(6-2)10-9-14-12-19-17-11-15(7-8-16(14)17)22-18(21)13(3)4/h7-8,11-13,19H,5-6,9-10H2,1-4H3. The maximum absolute atomic E-state index is 11.7. The predicted octanol–water partition coefficient (Wildman–Crippen LogP) is 3.61. The summed E-state index contributed by atoms with van der Waals surface area (Å²) < 4.78 is 5.36. The van der Waals surface area contributed by atoms with E-state index >= 15 is 0 Å². The van der Waals surface area contributed by atoms with Crippen LogP contribution in [0, 0.1) is 5.92 Å². The van der Waals surface area contributed by atoms with Crippen molar-refractivity contribution < 1.29 is 9.53 Å². The molecular formula is C18H26N2O2. The Morgan fingerprint density at radius 2 is 2.00 bits per heavy atom. The molecule has 0 bridgehead atoms. The van der Waals surface area contributed by atoms with Gasteiger partial charge in [-0.3, -0.25) is 4.79 Å². The summed E-state index contributed by atoms with van der Waals surface area (Å²) in [5.74, 6) is 0.278. The Kier molecular flexibility index (Phi) is 5.61. The topological polar surface area (TPSA) is 45.3 Å². The number of nitrogens with one attached hydrogen (secondary N) is 1. The fourth-order valence-corrected chi connectivity index (χ4v) is 2.49. The van der Waals surface area contributed by atoms with Gasteiger partial charge >= 0.3 is 5.97 Å². The van der Waals surface area contributed by atoms with Gasteiger partial charge in [-0.2, -0.15) is 0 Å². The number of rotatable bonds is 7. The third-order valence-corrected chi connectivity index (χ3v) is 4.02. The minimum absolute atomic E-state index is 0.121. The van der Waals surface area contributed by atoms with E-state index in [1.807, 2.05) is 32.0 Å². The van der Waals surface area contributed by atoms with Crippen LogP contribution in [-0.2, 0) is 11.2 Å². The lowest BCUT2D eigenvalue weighted by atomic mass is 10.1. The Morgan fingerprint density at radius 1 is 1.27 bits per heavy atom. The number of ether oxygens (including phenoxy) is 1. The molecule has 22 heavy (non-hydrogen) atoms. The molecule has 0 fully saturated rings. The molecule has 0 saturated heterocycles. The highest BCUT2D eigenvalue weighted by Crippen LogP contribution is 2.24. The second-order valence-corrected chi connectivity index (χ2v) is 5.87. The van der Waals surface area contributed by atoms with Gasteiger partial charge in [0.05, 0.1) is 5.92 Å². The van der Waals surface area contributed by atoms with Crippen molar-refractivity contribution in [3.05, 3.63) is 30.0 Å². The number of H-pyrrole nitrogens is 1. The molecule has 0 amide bonds. The number of carbonyl (C=O) groups excluding carboxylic acids is 1. The molecule has 120 valence electrons. The molecule has 1 aromatic heterocycles. The summed E-state index contributed by atoms with van der Waals surface area (Å²) in [6.07, 6.45) is 3.08. The quantitative estimate of drug-likeness (QED) is 0.627. The number of fused-ring (bicyclic) bond motifs is 1. The average molecular weight is 302 g/mol. The smallest absolute Gasteiger partial charge is 0.313 e. The number of likely N-dealkylation sites (N-methyl/N-ethyl adjacent to an activating group) is 1. The van der Waals surface area contributed by atoms with Gasteiger partial charge in [-0.05, 0) is 37.2 Å². The molecular weight excluding hydrogens is 276 g/mol. The summed E-state index contributed by atoms with van der Waals surface area (Å²) in [6.45, 7) is 11.3. The monoisotopic (exact) mass is 302 g/mol. The SMILES string of the molecule is CCN(CC)CCc1c[nH]c2cc(OC(=O)C(C)C)ccc12. The largest absolute Gasteiger partial charge is 0.426 e. The second kappa shape index (κ2) is 7.45. The first kappa shape index (κ1) is 16.6. The first-order valence-electron chi connectivity index (χ1n) is 8.09. The second-order valence-electron chi connectivity index (χ2n) is 5.87. The van der Waals surface area contributed by atoms with Crippen LogP contribution in [-0.4, -0.2) is 35.5 Å². The molecule has 0 saturated carbocycles. The fourth-order valence-electron chi connectivity index (χ4n) is 2.49. The molecule has 0 unspecified atom stereocenters. The van der Waals surface area contributed by atoms with Gasteiger partial charge in [-0.1, -0.05) is 27.7 Å². The van der Waals surface area contributed by atoms with Crippen molar-refractivity contribution in [3.8, 4) is 5.75 Å². The number of nitrogens with zero attached hydrogens (tertiary/aromatic N) is 1. The van der Waals surface area contributed by atoms with E-state index in [-0.39, 0.29) is 11.9 Å². The summed E-state index contributed by atoms with van der Waals surface area (Å²) in [4.78, 5) is 17.4. The normalized spacial score (nSPS) is 11.5. The fraction of sp³-hybridized carbons (Fsp3) is 0.500. The summed E-state index contributed by atoms with van der Waals surface area (Å²) in [5, 5.41) is 1.21. The molecule has 1 heterocycles. The molecule has 0 radical (unpaired) electrons. The van der Waals surface area contributed by atoms with Crippen molar-refractivity contribution >= 4 is 16.9 Å². The number of carbonyl (C=O) groups is 1. The average Bonchev–Trinajstić information content (AvgIpc) is 2.90. The molecule has 1 N–H and O–H groups in total. The molecule has 2 aromatic rings. The minimum Gasteiger partial charge on any atom is -0.426 e. The van der Waals surface area contributed by atoms with Crippen LogP contribution in [0.5, 0.6) is 5.75 Å². The number of aromatic nitrogens is 1.